The van der Waals surface area contributed by atoms with E-state index in [1.165, 1.54) is 0 Å². The molecule has 0 bridgehead atoms. The van der Waals surface area contributed by atoms with Crippen LogP contribution in [0.1, 0.15) is 38.3 Å². The van der Waals surface area contributed by atoms with Crippen LogP contribution in [0.3, 0.4) is 0 Å². The van der Waals surface area contributed by atoms with Crippen LogP contribution in [0.5, 0.6) is 0 Å². The van der Waals surface area contributed by atoms with Crippen LogP contribution in [0.25, 0.3) is 0 Å². The monoisotopic (exact) mass is 250 g/mol. The Morgan fingerprint density at radius 2 is 2.00 bits per heavy atom. The van der Waals surface area contributed by atoms with E-state index >= 15 is 0 Å². The molecule has 1 nitrogen and oxygen atoms in total. The first-order chi connectivity index (χ1) is 7.77. The zero-order valence-electron chi connectivity index (χ0n) is 10.9. The number of Topliss-reactive ketones (excluding diaryl/α,β-unsaturated/α-hetero) is 1. The summed E-state index contributed by atoms with van der Waals surface area (Å²) in [5.74, 6) is 0.144. The van der Waals surface area contributed by atoms with E-state index in [4.69, 9.17) is 11.6 Å². The Morgan fingerprint density at radius 3 is 2.47 bits per heavy atom. The number of allylic oxidation sites excluding steroid dienone is 1. The maximum atomic E-state index is 12.0. The Balaban J connectivity index is 3.36. The molecule has 17 heavy (non-hydrogen) atoms. The standard InChI is InChI=1S/C15H19ClO/c1-10(2)9-15(5,12(4)17)14-8-13(16)7-6-11(14)3/h6-8H,1,9H2,2-5H3/t15-/m0/s1. The molecule has 0 saturated heterocycles. The number of benzene rings is 1. The highest BCUT2D eigenvalue weighted by atomic mass is 35.5. The van der Waals surface area contributed by atoms with Gasteiger partial charge in [0.1, 0.15) is 5.78 Å². The lowest BCUT2D eigenvalue weighted by Gasteiger charge is -2.29. The Bertz CT molecular complexity index is 462. The van der Waals surface area contributed by atoms with E-state index in [-0.39, 0.29) is 5.78 Å². The van der Waals surface area contributed by atoms with Gasteiger partial charge < -0.3 is 0 Å². The van der Waals surface area contributed by atoms with E-state index in [0.717, 1.165) is 16.7 Å². The number of hydrogen-bond acceptors (Lipinski definition) is 1. The number of aryl methyl sites for hydroxylation is 1. The Labute approximate surface area is 108 Å². The van der Waals surface area contributed by atoms with Gasteiger partial charge in [-0.1, -0.05) is 23.2 Å². The minimum atomic E-state index is -0.527. The number of carbonyl (C=O) groups is 1. The first-order valence-electron chi connectivity index (χ1n) is 5.69. The highest BCUT2D eigenvalue weighted by Crippen LogP contribution is 2.35. The maximum absolute atomic E-state index is 12.0. The summed E-state index contributed by atoms with van der Waals surface area (Å²) in [5, 5.41) is 0.666. The zero-order chi connectivity index (χ0) is 13.2. The van der Waals surface area contributed by atoms with Gasteiger partial charge >= 0.3 is 0 Å². The Kier molecular flexibility index (Phi) is 4.16. The summed E-state index contributed by atoms with van der Waals surface area (Å²) in [7, 11) is 0. The predicted octanol–water partition coefficient (Wildman–Crippen LogP) is 4.46. The minimum Gasteiger partial charge on any atom is -0.299 e. The molecular formula is C15H19ClO. The first-order valence-corrected chi connectivity index (χ1v) is 6.07. The Hall–Kier alpha value is -1.08. The van der Waals surface area contributed by atoms with Crippen molar-refractivity contribution in [2.45, 2.75) is 39.5 Å². The second-order valence-corrected chi connectivity index (χ2v) is 5.42. The molecule has 0 unspecified atom stereocenters. The third-order valence-electron chi connectivity index (χ3n) is 3.23. The molecule has 0 fully saturated rings. The number of carbonyl (C=O) groups excluding carboxylic acids is 1. The average Bonchev–Trinajstić information content (AvgIpc) is 2.20. The van der Waals surface area contributed by atoms with Crippen LogP contribution >= 0.6 is 11.6 Å². The molecule has 0 aliphatic heterocycles. The van der Waals surface area contributed by atoms with Crippen LogP contribution in [0.4, 0.5) is 0 Å². The molecule has 1 atom stereocenters. The molecule has 92 valence electrons. The molecular weight excluding hydrogens is 232 g/mol. The van der Waals surface area contributed by atoms with Crippen molar-refractivity contribution in [2.75, 3.05) is 0 Å². The molecule has 0 radical (unpaired) electrons. The van der Waals surface area contributed by atoms with Gasteiger partial charge in [0, 0.05) is 5.02 Å². The van der Waals surface area contributed by atoms with Crippen molar-refractivity contribution < 1.29 is 4.79 Å². The van der Waals surface area contributed by atoms with E-state index in [9.17, 15) is 4.79 Å². The smallest absolute Gasteiger partial charge is 0.140 e. The van der Waals surface area contributed by atoms with E-state index in [1.54, 1.807) is 6.92 Å². The lowest BCUT2D eigenvalue weighted by atomic mass is 9.73. The van der Waals surface area contributed by atoms with Gasteiger partial charge in [-0.2, -0.15) is 0 Å². The number of hydrogen-bond donors (Lipinski definition) is 0. The van der Waals surface area contributed by atoms with Gasteiger partial charge in [0.05, 0.1) is 5.41 Å². The SMILES string of the molecule is C=C(C)C[C@@](C)(C(C)=O)c1cc(Cl)ccc1C. The maximum Gasteiger partial charge on any atom is 0.140 e. The fourth-order valence-electron chi connectivity index (χ4n) is 2.20. The van der Waals surface area contributed by atoms with Gasteiger partial charge in [0.15, 0.2) is 0 Å². The number of halogens is 1. The third-order valence-corrected chi connectivity index (χ3v) is 3.46. The van der Waals surface area contributed by atoms with Crippen LogP contribution in [0.2, 0.25) is 5.02 Å². The normalized spacial score (nSPS) is 14.2. The number of rotatable bonds is 4. The second kappa shape index (κ2) is 5.05. The second-order valence-electron chi connectivity index (χ2n) is 4.98. The highest BCUT2D eigenvalue weighted by molar-refractivity contribution is 6.30. The van der Waals surface area contributed by atoms with E-state index in [1.807, 2.05) is 39.0 Å². The van der Waals surface area contributed by atoms with Gasteiger partial charge in [0.25, 0.3) is 0 Å². The number of ketones is 1. The van der Waals surface area contributed by atoms with Crippen molar-refractivity contribution in [3.05, 3.63) is 46.5 Å². The molecule has 0 saturated carbocycles. The van der Waals surface area contributed by atoms with Crippen LogP contribution in [0, 0.1) is 6.92 Å². The van der Waals surface area contributed by atoms with Gasteiger partial charge in [0.2, 0.25) is 0 Å². The lowest BCUT2D eigenvalue weighted by molar-refractivity contribution is -0.121. The molecule has 1 rings (SSSR count). The molecule has 0 aromatic heterocycles. The van der Waals surface area contributed by atoms with Crippen LogP contribution in [-0.4, -0.2) is 5.78 Å². The molecule has 0 N–H and O–H groups in total. The summed E-state index contributed by atoms with van der Waals surface area (Å²) in [6, 6.07) is 5.69. The van der Waals surface area contributed by atoms with E-state index in [2.05, 4.69) is 6.58 Å². The zero-order valence-corrected chi connectivity index (χ0v) is 11.7. The lowest BCUT2D eigenvalue weighted by Crippen LogP contribution is -2.31. The highest BCUT2D eigenvalue weighted by Gasteiger charge is 2.33. The van der Waals surface area contributed by atoms with Crippen molar-refractivity contribution in [1.29, 1.82) is 0 Å². The predicted molar refractivity (Wildman–Crippen MR) is 73.7 cm³/mol. The van der Waals surface area contributed by atoms with Gasteiger partial charge in [-0.05, 0) is 57.4 Å². The van der Waals surface area contributed by atoms with Crippen LogP contribution in [-0.2, 0) is 10.2 Å². The summed E-state index contributed by atoms with van der Waals surface area (Å²) in [6.07, 6.45) is 0.656. The van der Waals surface area contributed by atoms with Crippen LogP contribution in [0.15, 0.2) is 30.4 Å². The summed E-state index contributed by atoms with van der Waals surface area (Å²) in [5.41, 5.74) is 2.57. The van der Waals surface area contributed by atoms with Crippen molar-refractivity contribution in [2.24, 2.45) is 0 Å². The first kappa shape index (κ1) is 14.0. The summed E-state index contributed by atoms with van der Waals surface area (Å²) < 4.78 is 0. The van der Waals surface area contributed by atoms with Gasteiger partial charge in [-0.15, -0.1) is 6.58 Å². The fourth-order valence-corrected chi connectivity index (χ4v) is 2.37. The molecule has 0 aliphatic carbocycles. The quantitative estimate of drug-likeness (QED) is 0.721. The molecule has 0 heterocycles. The van der Waals surface area contributed by atoms with E-state index < -0.39 is 5.41 Å². The van der Waals surface area contributed by atoms with Crippen molar-refractivity contribution in [3.8, 4) is 0 Å². The van der Waals surface area contributed by atoms with Gasteiger partial charge in [-0.25, -0.2) is 0 Å². The molecule has 2 heteroatoms. The molecule has 1 aromatic rings. The Morgan fingerprint density at radius 1 is 1.41 bits per heavy atom. The largest absolute Gasteiger partial charge is 0.299 e. The molecule has 0 spiro atoms. The van der Waals surface area contributed by atoms with Crippen molar-refractivity contribution >= 4 is 17.4 Å². The third kappa shape index (κ3) is 2.98. The van der Waals surface area contributed by atoms with Crippen LogP contribution < -0.4 is 0 Å². The summed E-state index contributed by atoms with van der Waals surface area (Å²) in [6.45, 7) is 11.5. The molecule has 0 aliphatic rings. The average molecular weight is 251 g/mol. The molecule has 1 aromatic carbocycles. The topological polar surface area (TPSA) is 17.1 Å². The summed E-state index contributed by atoms with van der Waals surface area (Å²) >= 11 is 6.03. The fraction of sp³-hybridized carbons (Fsp3) is 0.400. The van der Waals surface area contributed by atoms with E-state index in [0.29, 0.717) is 11.4 Å². The van der Waals surface area contributed by atoms with Crippen molar-refractivity contribution in [1.82, 2.24) is 0 Å². The summed E-state index contributed by atoms with van der Waals surface area (Å²) in [4.78, 5) is 12.0. The minimum absolute atomic E-state index is 0.144. The van der Waals surface area contributed by atoms with Crippen molar-refractivity contribution in [3.63, 3.8) is 0 Å². The molecule has 0 amide bonds. The van der Waals surface area contributed by atoms with Gasteiger partial charge in [-0.3, -0.25) is 4.79 Å².